The maximum Gasteiger partial charge on any atom is 0.343 e. The summed E-state index contributed by atoms with van der Waals surface area (Å²) in [7, 11) is 0. The van der Waals surface area contributed by atoms with E-state index < -0.39 is 5.97 Å². The predicted octanol–water partition coefficient (Wildman–Crippen LogP) is 4.98. The third-order valence-corrected chi connectivity index (χ3v) is 4.18. The Hall–Kier alpha value is -3.15. The second kappa shape index (κ2) is 9.17. The standard InChI is InChI=1S/C21H14Cl2N2O3/c22-17-9-5-14(6-10-17)20(26)25-24-13-16-3-1-2-4-19(16)28-21(27)15-7-11-18(23)12-8-15/h1-13H,(H,25,26). The van der Waals surface area contributed by atoms with Gasteiger partial charge in [0.25, 0.3) is 5.91 Å². The molecule has 0 atom stereocenters. The zero-order chi connectivity index (χ0) is 19.9. The van der Waals surface area contributed by atoms with Crippen molar-refractivity contribution in [2.75, 3.05) is 0 Å². The summed E-state index contributed by atoms with van der Waals surface area (Å²) in [4.78, 5) is 24.3. The molecule has 0 bridgehead atoms. The van der Waals surface area contributed by atoms with Gasteiger partial charge in [0.1, 0.15) is 5.75 Å². The van der Waals surface area contributed by atoms with Gasteiger partial charge in [0.2, 0.25) is 0 Å². The Bertz CT molecular complexity index is 1020. The number of benzene rings is 3. The fraction of sp³-hybridized carbons (Fsp3) is 0. The lowest BCUT2D eigenvalue weighted by molar-refractivity contribution is 0.0734. The Morgan fingerprint density at radius 1 is 0.821 bits per heavy atom. The highest BCUT2D eigenvalue weighted by molar-refractivity contribution is 6.31. The van der Waals surface area contributed by atoms with Gasteiger partial charge >= 0.3 is 5.97 Å². The van der Waals surface area contributed by atoms with Crippen LogP contribution in [0.1, 0.15) is 26.3 Å². The molecule has 0 saturated heterocycles. The molecule has 3 aromatic rings. The molecule has 0 saturated carbocycles. The molecule has 1 amide bonds. The van der Waals surface area contributed by atoms with Crippen LogP contribution in [0.3, 0.4) is 0 Å². The van der Waals surface area contributed by atoms with Gasteiger partial charge < -0.3 is 4.74 Å². The summed E-state index contributed by atoms with van der Waals surface area (Å²) >= 11 is 11.6. The van der Waals surface area contributed by atoms with Crippen LogP contribution in [0.2, 0.25) is 10.0 Å². The van der Waals surface area contributed by atoms with E-state index in [1.807, 2.05) is 0 Å². The second-order valence-corrected chi connectivity index (χ2v) is 6.51. The molecule has 3 rings (SSSR count). The minimum atomic E-state index is -0.525. The van der Waals surface area contributed by atoms with Crippen LogP contribution in [0.5, 0.6) is 5.75 Å². The molecule has 28 heavy (non-hydrogen) atoms. The lowest BCUT2D eigenvalue weighted by Crippen LogP contribution is -2.17. The SMILES string of the molecule is O=C(NN=Cc1ccccc1OC(=O)c1ccc(Cl)cc1)c1ccc(Cl)cc1. The van der Waals surface area contributed by atoms with E-state index in [4.69, 9.17) is 27.9 Å². The van der Waals surface area contributed by atoms with Gasteiger partial charge in [-0.3, -0.25) is 4.79 Å². The lowest BCUT2D eigenvalue weighted by Gasteiger charge is -2.07. The van der Waals surface area contributed by atoms with Crippen molar-refractivity contribution in [3.8, 4) is 5.75 Å². The van der Waals surface area contributed by atoms with Crippen LogP contribution in [0.15, 0.2) is 77.9 Å². The fourth-order valence-corrected chi connectivity index (χ4v) is 2.50. The molecule has 0 heterocycles. The molecule has 1 N–H and O–H groups in total. The number of para-hydroxylation sites is 1. The number of halogens is 2. The summed E-state index contributed by atoms with van der Waals surface area (Å²) in [6, 6.07) is 19.6. The number of rotatable bonds is 5. The van der Waals surface area contributed by atoms with Gasteiger partial charge in [-0.1, -0.05) is 35.3 Å². The number of carbonyl (C=O) groups is 2. The van der Waals surface area contributed by atoms with Crippen molar-refractivity contribution in [2.24, 2.45) is 5.10 Å². The van der Waals surface area contributed by atoms with Gasteiger partial charge in [0.05, 0.1) is 11.8 Å². The van der Waals surface area contributed by atoms with Crippen LogP contribution in [-0.2, 0) is 0 Å². The molecule has 3 aromatic carbocycles. The maximum absolute atomic E-state index is 12.3. The van der Waals surface area contributed by atoms with Crippen LogP contribution in [0.4, 0.5) is 0 Å². The Labute approximate surface area is 171 Å². The lowest BCUT2D eigenvalue weighted by atomic mass is 10.2. The van der Waals surface area contributed by atoms with Crippen LogP contribution in [-0.4, -0.2) is 18.1 Å². The van der Waals surface area contributed by atoms with Crippen molar-refractivity contribution in [3.05, 3.63) is 99.5 Å². The van der Waals surface area contributed by atoms with Gasteiger partial charge in [0, 0.05) is 21.2 Å². The number of hydrogen-bond acceptors (Lipinski definition) is 4. The van der Waals surface area contributed by atoms with Crippen molar-refractivity contribution in [1.29, 1.82) is 0 Å². The van der Waals surface area contributed by atoms with Crippen molar-refractivity contribution < 1.29 is 14.3 Å². The quantitative estimate of drug-likeness (QED) is 0.278. The topological polar surface area (TPSA) is 67.8 Å². The Morgan fingerprint density at radius 2 is 1.39 bits per heavy atom. The van der Waals surface area contributed by atoms with Gasteiger partial charge in [-0.05, 0) is 60.7 Å². The molecule has 5 nitrogen and oxygen atoms in total. The van der Waals surface area contributed by atoms with Crippen molar-refractivity contribution >= 4 is 41.3 Å². The molecular weight excluding hydrogens is 399 g/mol. The number of carbonyl (C=O) groups excluding carboxylic acids is 2. The van der Waals surface area contributed by atoms with Crippen LogP contribution < -0.4 is 10.2 Å². The first-order valence-corrected chi connectivity index (χ1v) is 8.94. The molecule has 0 aliphatic heterocycles. The first kappa shape index (κ1) is 19.6. The minimum Gasteiger partial charge on any atom is -0.422 e. The van der Waals surface area contributed by atoms with E-state index >= 15 is 0 Å². The Morgan fingerprint density at radius 3 is 2.04 bits per heavy atom. The number of nitrogens with zero attached hydrogens (tertiary/aromatic N) is 1. The highest BCUT2D eigenvalue weighted by Crippen LogP contribution is 2.18. The van der Waals surface area contributed by atoms with Gasteiger partial charge in [-0.2, -0.15) is 5.10 Å². The largest absolute Gasteiger partial charge is 0.422 e. The van der Waals surface area contributed by atoms with Crippen LogP contribution in [0, 0.1) is 0 Å². The van der Waals surface area contributed by atoms with E-state index in [9.17, 15) is 9.59 Å². The summed E-state index contributed by atoms with van der Waals surface area (Å²) in [6.07, 6.45) is 1.40. The van der Waals surface area contributed by atoms with Crippen molar-refractivity contribution in [1.82, 2.24) is 5.43 Å². The molecule has 140 valence electrons. The van der Waals surface area contributed by atoms with Crippen molar-refractivity contribution in [3.63, 3.8) is 0 Å². The van der Waals surface area contributed by atoms with E-state index in [0.717, 1.165) is 0 Å². The van der Waals surface area contributed by atoms with Gasteiger partial charge in [-0.15, -0.1) is 0 Å². The van der Waals surface area contributed by atoms with E-state index in [2.05, 4.69) is 10.5 Å². The summed E-state index contributed by atoms with van der Waals surface area (Å²) in [5.74, 6) is -0.599. The Balaban J connectivity index is 1.68. The molecule has 0 radical (unpaired) electrons. The van der Waals surface area contributed by atoms with Crippen LogP contribution >= 0.6 is 23.2 Å². The molecule has 0 aromatic heterocycles. The number of hydrazone groups is 1. The number of esters is 1. The molecule has 0 unspecified atom stereocenters. The van der Waals surface area contributed by atoms with Gasteiger partial charge in [-0.25, -0.2) is 10.2 Å². The third kappa shape index (κ3) is 5.19. The Kier molecular flexibility index (Phi) is 6.42. The molecule has 0 aliphatic carbocycles. The number of ether oxygens (including phenoxy) is 1. The van der Waals surface area contributed by atoms with E-state index in [0.29, 0.717) is 32.5 Å². The highest BCUT2D eigenvalue weighted by atomic mass is 35.5. The summed E-state index contributed by atoms with van der Waals surface area (Å²) in [5, 5.41) is 4.99. The number of amides is 1. The first-order chi connectivity index (χ1) is 13.5. The summed E-state index contributed by atoms with van der Waals surface area (Å²) < 4.78 is 5.43. The third-order valence-electron chi connectivity index (χ3n) is 3.68. The normalized spacial score (nSPS) is 10.6. The highest BCUT2D eigenvalue weighted by Gasteiger charge is 2.11. The number of hydrogen-bond donors (Lipinski definition) is 1. The monoisotopic (exact) mass is 412 g/mol. The zero-order valence-corrected chi connectivity index (χ0v) is 15.9. The molecule has 0 fully saturated rings. The van der Waals surface area contributed by atoms with Crippen molar-refractivity contribution in [2.45, 2.75) is 0 Å². The van der Waals surface area contributed by atoms with E-state index in [-0.39, 0.29) is 5.91 Å². The summed E-state index contributed by atoms with van der Waals surface area (Å²) in [6.45, 7) is 0. The fourth-order valence-electron chi connectivity index (χ4n) is 2.25. The molecular formula is C21H14Cl2N2O3. The maximum atomic E-state index is 12.3. The first-order valence-electron chi connectivity index (χ1n) is 8.19. The van der Waals surface area contributed by atoms with E-state index in [1.54, 1.807) is 72.8 Å². The van der Waals surface area contributed by atoms with Crippen LogP contribution in [0.25, 0.3) is 0 Å². The minimum absolute atomic E-state index is 0.312. The number of nitrogens with one attached hydrogen (secondary N) is 1. The average molecular weight is 413 g/mol. The molecule has 7 heteroatoms. The second-order valence-electron chi connectivity index (χ2n) is 5.64. The van der Waals surface area contributed by atoms with Gasteiger partial charge in [0.15, 0.2) is 0 Å². The predicted molar refractivity (Wildman–Crippen MR) is 109 cm³/mol. The summed E-state index contributed by atoms with van der Waals surface area (Å²) in [5.41, 5.74) is 3.73. The molecule has 0 spiro atoms. The average Bonchev–Trinajstić information content (AvgIpc) is 2.70. The zero-order valence-electron chi connectivity index (χ0n) is 14.4. The smallest absolute Gasteiger partial charge is 0.343 e. The van der Waals surface area contributed by atoms with E-state index in [1.165, 1.54) is 6.21 Å². The molecule has 0 aliphatic rings.